The number of hydrogen-bond donors (Lipinski definition) is 2. The fraction of sp³-hybridized carbons (Fsp3) is 0.300. The molecule has 0 saturated heterocycles. The molecular weight excluding hydrogens is 229 g/mol. The molecule has 0 radical (unpaired) electrons. The average Bonchev–Trinajstić information content (AvgIpc) is 2.25. The summed E-state index contributed by atoms with van der Waals surface area (Å²) in [6.45, 7) is 0.415. The van der Waals surface area contributed by atoms with Gasteiger partial charge >= 0.3 is 5.69 Å². The molecule has 0 fully saturated rings. The van der Waals surface area contributed by atoms with Gasteiger partial charge in [-0.2, -0.15) is 4.39 Å². The van der Waals surface area contributed by atoms with Gasteiger partial charge in [-0.1, -0.05) is 12.1 Å². The molecule has 0 aliphatic carbocycles. The van der Waals surface area contributed by atoms with Gasteiger partial charge in [-0.3, -0.25) is 14.9 Å². The van der Waals surface area contributed by atoms with Crippen LogP contribution in [-0.2, 0) is 11.3 Å². The summed E-state index contributed by atoms with van der Waals surface area (Å²) in [6.07, 6.45) is 0.135. The predicted molar refractivity (Wildman–Crippen MR) is 58.6 cm³/mol. The number of rotatable bonds is 6. The summed E-state index contributed by atoms with van der Waals surface area (Å²) in [4.78, 5) is 20.1. The number of primary amides is 1. The van der Waals surface area contributed by atoms with Gasteiger partial charge in [0, 0.05) is 31.1 Å². The number of nitro benzene ring substituents is 1. The summed E-state index contributed by atoms with van der Waals surface area (Å²) < 4.78 is 13.5. The molecule has 0 aliphatic heterocycles. The maximum absolute atomic E-state index is 13.5. The second-order valence-electron chi connectivity index (χ2n) is 3.40. The van der Waals surface area contributed by atoms with Crippen LogP contribution < -0.4 is 11.1 Å². The van der Waals surface area contributed by atoms with Crippen LogP contribution >= 0.6 is 0 Å². The molecule has 0 atom stereocenters. The second kappa shape index (κ2) is 5.90. The van der Waals surface area contributed by atoms with Gasteiger partial charge in [0.15, 0.2) is 0 Å². The number of nitrogens with zero attached hydrogens (tertiary/aromatic N) is 1. The van der Waals surface area contributed by atoms with Crippen LogP contribution in [0.15, 0.2) is 18.2 Å². The van der Waals surface area contributed by atoms with E-state index in [-0.39, 0.29) is 18.5 Å². The largest absolute Gasteiger partial charge is 0.370 e. The standard InChI is InChI=1S/C10H12FN3O3/c11-10-7(6-13-5-4-9(12)15)2-1-3-8(10)14(16)17/h1-3,13H,4-6H2,(H2,12,15). The van der Waals surface area contributed by atoms with E-state index in [0.29, 0.717) is 6.54 Å². The molecule has 0 bridgehead atoms. The summed E-state index contributed by atoms with van der Waals surface area (Å²) in [5, 5.41) is 13.3. The number of nitro groups is 1. The van der Waals surface area contributed by atoms with Crippen molar-refractivity contribution < 1.29 is 14.1 Å². The van der Waals surface area contributed by atoms with Gasteiger partial charge in [-0.25, -0.2) is 0 Å². The Morgan fingerprint density at radius 3 is 2.82 bits per heavy atom. The third kappa shape index (κ3) is 3.80. The summed E-state index contributed by atoms with van der Waals surface area (Å²) in [5.41, 5.74) is 4.55. The van der Waals surface area contributed by atoms with E-state index in [1.165, 1.54) is 12.1 Å². The summed E-state index contributed by atoms with van der Waals surface area (Å²) in [5.74, 6) is -1.32. The number of carbonyl (C=O) groups excluding carboxylic acids is 1. The zero-order valence-corrected chi connectivity index (χ0v) is 8.98. The Morgan fingerprint density at radius 1 is 1.53 bits per heavy atom. The van der Waals surface area contributed by atoms with Gasteiger partial charge in [0.2, 0.25) is 11.7 Å². The first-order chi connectivity index (χ1) is 8.02. The van der Waals surface area contributed by atoms with Crippen LogP contribution in [0.3, 0.4) is 0 Å². The van der Waals surface area contributed by atoms with E-state index in [1.54, 1.807) is 0 Å². The highest BCUT2D eigenvalue weighted by Gasteiger charge is 2.16. The third-order valence-electron chi connectivity index (χ3n) is 2.12. The highest BCUT2D eigenvalue weighted by atomic mass is 19.1. The molecule has 1 rings (SSSR count). The van der Waals surface area contributed by atoms with Crippen molar-refractivity contribution in [2.24, 2.45) is 5.73 Å². The molecule has 1 aromatic rings. The van der Waals surface area contributed by atoms with Crippen molar-refractivity contribution in [3.8, 4) is 0 Å². The predicted octanol–water partition coefficient (Wildman–Crippen LogP) is 0.699. The van der Waals surface area contributed by atoms with Crippen molar-refractivity contribution in [3.63, 3.8) is 0 Å². The van der Waals surface area contributed by atoms with E-state index in [1.807, 2.05) is 0 Å². The lowest BCUT2D eigenvalue weighted by atomic mass is 10.2. The zero-order valence-electron chi connectivity index (χ0n) is 8.98. The number of amides is 1. The van der Waals surface area contributed by atoms with Gasteiger partial charge in [-0.05, 0) is 0 Å². The van der Waals surface area contributed by atoms with Gasteiger partial charge in [0.05, 0.1) is 4.92 Å². The Bertz CT molecular complexity index is 437. The number of carbonyl (C=O) groups is 1. The number of nitrogens with two attached hydrogens (primary N) is 1. The molecule has 1 aromatic carbocycles. The number of benzene rings is 1. The molecule has 3 N–H and O–H groups in total. The summed E-state index contributed by atoms with van der Waals surface area (Å²) in [6, 6.07) is 3.95. The van der Waals surface area contributed by atoms with Crippen molar-refractivity contribution in [2.75, 3.05) is 6.54 Å². The normalized spacial score (nSPS) is 10.2. The lowest BCUT2D eigenvalue weighted by molar-refractivity contribution is -0.387. The van der Waals surface area contributed by atoms with Crippen LogP contribution in [0.25, 0.3) is 0 Å². The monoisotopic (exact) mass is 241 g/mol. The van der Waals surface area contributed by atoms with Crippen LogP contribution in [-0.4, -0.2) is 17.4 Å². The molecule has 7 heteroatoms. The minimum Gasteiger partial charge on any atom is -0.370 e. The van der Waals surface area contributed by atoms with Gasteiger partial charge in [-0.15, -0.1) is 0 Å². The van der Waals surface area contributed by atoms with Crippen molar-refractivity contribution >= 4 is 11.6 Å². The first-order valence-electron chi connectivity index (χ1n) is 4.93. The summed E-state index contributed by atoms with van der Waals surface area (Å²) >= 11 is 0. The molecule has 0 unspecified atom stereocenters. The fourth-order valence-electron chi connectivity index (χ4n) is 1.28. The average molecular weight is 241 g/mol. The first-order valence-corrected chi connectivity index (χ1v) is 4.93. The van der Waals surface area contributed by atoms with Crippen molar-refractivity contribution in [2.45, 2.75) is 13.0 Å². The third-order valence-corrected chi connectivity index (χ3v) is 2.12. The fourth-order valence-corrected chi connectivity index (χ4v) is 1.28. The van der Waals surface area contributed by atoms with Crippen LogP contribution in [0, 0.1) is 15.9 Å². The topological polar surface area (TPSA) is 98.3 Å². The van der Waals surface area contributed by atoms with Crippen LogP contribution in [0.1, 0.15) is 12.0 Å². The zero-order chi connectivity index (χ0) is 12.8. The lowest BCUT2D eigenvalue weighted by Crippen LogP contribution is -2.22. The van der Waals surface area contributed by atoms with Gasteiger partial charge < -0.3 is 11.1 Å². The van der Waals surface area contributed by atoms with Crippen LogP contribution in [0.5, 0.6) is 0 Å². The summed E-state index contributed by atoms with van der Waals surface area (Å²) in [7, 11) is 0. The van der Waals surface area contributed by atoms with Crippen molar-refractivity contribution in [1.29, 1.82) is 0 Å². The molecule has 6 nitrogen and oxygen atoms in total. The highest BCUT2D eigenvalue weighted by molar-refractivity contribution is 5.73. The van der Waals surface area contributed by atoms with E-state index in [0.717, 1.165) is 6.07 Å². The molecule has 0 saturated carbocycles. The molecule has 92 valence electrons. The molecule has 0 aromatic heterocycles. The van der Waals surface area contributed by atoms with E-state index >= 15 is 0 Å². The second-order valence-corrected chi connectivity index (χ2v) is 3.40. The smallest absolute Gasteiger partial charge is 0.305 e. The van der Waals surface area contributed by atoms with E-state index < -0.39 is 22.3 Å². The number of nitrogens with one attached hydrogen (secondary N) is 1. The van der Waals surface area contributed by atoms with Crippen molar-refractivity contribution in [1.82, 2.24) is 5.32 Å². The highest BCUT2D eigenvalue weighted by Crippen LogP contribution is 2.19. The first kappa shape index (κ1) is 13.0. The Balaban J connectivity index is 2.62. The molecule has 0 aliphatic rings. The Morgan fingerprint density at radius 2 is 2.24 bits per heavy atom. The van der Waals surface area contributed by atoms with E-state index in [4.69, 9.17) is 5.73 Å². The molecule has 0 heterocycles. The van der Waals surface area contributed by atoms with Gasteiger partial charge in [0.25, 0.3) is 0 Å². The number of hydrogen-bond acceptors (Lipinski definition) is 4. The SMILES string of the molecule is NC(=O)CCNCc1cccc([N+](=O)[O-])c1F. The Kier molecular flexibility index (Phi) is 4.53. The maximum Gasteiger partial charge on any atom is 0.305 e. The van der Waals surface area contributed by atoms with Crippen molar-refractivity contribution in [3.05, 3.63) is 39.7 Å². The Hall–Kier alpha value is -2.02. The van der Waals surface area contributed by atoms with Crippen LogP contribution in [0.2, 0.25) is 0 Å². The quantitative estimate of drug-likeness (QED) is 0.435. The lowest BCUT2D eigenvalue weighted by Gasteiger charge is -2.04. The molecule has 0 spiro atoms. The molecule has 17 heavy (non-hydrogen) atoms. The molecule has 1 amide bonds. The maximum atomic E-state index is 13.5. The minimum absolute atomic E-state index is 0.112. The number of halogens is 1. The van der Waals surface area contributed by atoms with E-state index in [2.05, 4.69) is 5.32 Å². The minimum atomic E-state index is -0.857. The molecular formula is C10H12FN3O3. The Labute approximate surface area is 96.8 Å². The van der Waals surface area contributed by atoms with E-state index in [9.17, 15) is 19.3 Å². The van der Waals surface area contributed by atoms with Gasteiger partial charge in [0.1, 0.15) is 0 Å². The van der Waals surface area contributed by atoms with Crippen LogP contribution in [0.4, 0.5) is 10.1 Å².